The van der Waals surface area contributed by atoms with Crippen LogP contribution in [0.4, 0.5) is 0 Å². The van der Waals surface area contributed by atoms with Gasteiger partial charge in [-0.3, -0.25) is 0 Å². The van der Waals surface area contributed by atoms with Gasteiger partial charge in [0, 0.05) is 0 Å². The Labute approximate surface area is 121 Å². The highest BCUT2D eigenvalue weighted by Gasteiger charge is 2.07. The van der Waals surface area contributed by atoms with E-state index in [9.17, 15) is 0 Å². The molecular formula is C16H20BClO. The molecule has 0 amide bonds. The van der Waals surface area contributed by atoms with Crippen LogP contribution in [0.25, 0.3) is 0 Å². The van der Waals surface area contributed by atoms with Gasteiger partial charge in [0.1, 0.15) is 12.4 Å². The summed E-state index contributed by atoms with van der Waals surface area (Å²) in [7, 11) is 0. The Hall–Kier alpha value is -1.41. The lowest BCUT2D eigenvalue weighted by Crippen LogP contribution is -2.22. The van der Waals surface area contributed by atoms with Crippen molar-refractivity contribution in [2.75, 3.05) is 0 Å². The van der Waals surface area contributed by atoms with E-state index in [1.165, 1.54) is 5.46 Å². The minimum atomic E-state index is 0. The quantitative estimate of drug-likeness (QED) is 0.745. The largest absolute Gasteiger partial charge is 0.487 e. The zero-order chi connectivity index (χ0) is 13.0. The van der Waals surface area contributed by atoms with Crippen molar-refractivity contribution in [3.8, 4) is 5.75 Å². The van der Waals surface area contributed by atoms with E-state index in [2.05, 4.69) is 19.7 Å². The molecule has 0 atom stereocenters. The van der Waals surface area contributed by atoms with Crippen LogP contribution >= 0.6 is 11.6 Å². The van der Waals surface area contributed by atoms with Crippen LogP contribution in [-0.2, 0) is 6.61 Å². The predicted octanol–water partition coefficient (Wildman–Crippen LogP) is 4.52. The second kappa shape index (κ2) is 7.25. The molecule has 19 heavy (non-hydrogen) atoms. The van der Waals surface area contributed by atoms with Crippen LogP contribution < -0.4 is 10.2 Å². The molecule has 0 saturated heterocycles. The van der Waals surface area contributed by atoms with E-state index in [-0.39, 0.29) is 7.43 Å². The molecule has 0 aliphatic rings. The fraction of sp³-hybridized carbons (Fsp3) is 0.250. The first-order valence-electron chi connectivity index (χ1n) is 6.13. The molecule has 0 aromatic heterocycles. The van der Waals surface area contributed by atoms with Crippen molar-refractivity contribution >= 4 is 23.8 Å². The van der Waals surface area contributed by atoms with Gasteiger partial charge >= 0.3 is 0 Å². The monoisotopic (exact) mass is 274 g/mol. The van der Waals surface area contributed by atoms with E-state index in [1.54, 1.807) is 0 Å². The SMILES string of the molecule is C.CB(C)c1ccc(OCc2ccccc2)c(Cl)c1. The number of hydrogen-bond donors (Lipinski definition) is 0. The predicted molar refractivity (Wildman–Crippen MR) is 86.1 cm³/mol. The smallest absolute Gasteiger partial charge is 0.169 e. The van der Waals surface area contributed by atoms with Gasteiger partial charge in [-0.25, -0.2) is 0 Å². The average Bonchev–Trinajstić information content (AvgIpc) is 2.38. The fourth-order valence-electron chi connectivity index (χ4n) is 1.73. The molecule has 0 bridgehead atoms. The summed E-state index contributed by atoms with van der Waals surface area (Å²) in [5.41, 5.74) is 2.37. The first-order chi connectivity index (χ1) is 8.66. The summed E-state index contributed by atoms with van der Waals surface area (Å²) < 4.78 is 5.73. The van der Waals surface area contributed by atoms with E-state index in [4.69, 9.17) is 16.3 Å². The topological polar surface area (TPSA) is 9.23 Å². The van der Waals surface area contributed by atoms with E-state index >= 15 is 0 Å². The Morgan fingerprint density at radius 1 is 1.05 bits per heavy atom. The Bertz CT molecular complexity index is 511. The van der Waals surface area contributed by atoms with Crippen LogP contribution in [0.3, 0.4) is 0 Å². The highest BCUT2D eigenvalue weighted by atomic mass is 35.5. The van der Waals surface area contributed by atoms with Crippen molar-refractivity contribution < 1.29 is 4.74 Å². The van der Waals surface area contributed by atoms with E-state index in [0.717, 1.165) is 11.3 Å². The summed E-state index contributed by atoms with van der Waals surface area (Å²) in [4.78, 5) is 0. The molecule has 0 heterocycles. The lowest BCUT2D eigenvalue weighted by molar-refractivity contribution is 0.306. The summed E-state index contributed by atoms with van der Waals surface area (Å²) in [5, 5.41) is 0.678. The number of halogens is 1. The normalized spacial score (nSPS) is 9.63. The Balaban J connectivity index is 0.00000180. The van der Waals surface area contributed by atoms with Crippen molar-refractivity contribution in [2.45, 2.75) is 27.7 Å². The molecule has 0 spiro atoms. The lowest BCUT2D eigenvalue weighted by atomic mass is 9.49. The fourth-order valence-corrected chi connectivity index (χ4v) is 1.97. The van der Waals surface area contributed by atoms with Gasteiger partial charge in [0.25, 0.3) is 0 Å². The molecule has 100 valence electrons. The summed E-state index contributed by atoms with van der Waals surface area (Å²) >= 11 is 6.21. The molecule has 2 rings (SSSR count). The van der Waals surface area contributed by atoms with Crippen LogP contribution in [0.1, 0.15) is 13.0 Å². The second-order valence-electron chi connectivity index (χ2n) is 4.62. The maximum absolute atomic E-state index is 6.21. The molecule has 0 radical (unpaired) electrons. The zero-order valence-corrected chi connectivity index (χ0v) is 11.4. The molecule has 3 heteroatoms. The van der Waals surface area contributed by atoms with Gasteiger partial charge in [0.15, 0.2) is 6.71 Å². The van der Waals surface area contributed by atoms with Crippen molar-refractivity contribution in [3.63, 3.8) is 0 Å². The van der Waals surface area contributed by atoms with Gasteiger partial charge in [0.05, 0.1) is 5.02 Å². The van der Waals surface area contributed by atoms with Gasteiger partial charge in [0.2, 0.25) is 0 Å². The summed E-state index contributed by atoms with van der Waals surface area (Å²) in [6.07, 6.45) is 0. The van der Waals surface area contributed by atoms with Crippen molar-refractivity contribution in [2.24, 2.45) is 0 Å². The van der Waals surface area contributed by atoms with Gasteiger partial charge in [-0.05, 0) is 17.7 Å². The first kappa shape index (κ1) is 15.7. The highest BCUT2D eigenvalue weighted by molar-refractivity contribution is 6.70. The average molecular weight is 275 g/mol. The number of hydrogen-bond acceptors (Lipinski definition) is 1. The molecule has 0 N–H and O–H groups in total. The third kappa shape index (κ3) is 4.32. The number of ether oxygens (including phenoxy) is 1. The summed E-state index contributed by atoms with van der Waals surface area (Å²) in [6, 6.07) is 16.1. The molecule has 0 saturated carbocycles. The molecule has 0 aliphatic carbocycles. The van der Waals surface area contributed by atoms with E-state index in [0.29, 0.717) is 18.3 Å². The minimum absolute atomic E-state index is 0. The second-order valence-corrected chi connectivity index (χ2v) is 5.03. The van der Waals surface area contributed by atoms with Gasteiger partial charge < -0.3 is 4.74 Å². The van der Waals surface area contributed by atoms with Crippen molar-refractivity contribution in [3.05, 3.63) is 59.1 Å². The molecule has 0 unspecified atom stereocenters. The molecule has 2 aromatic rings. The third-order valence-electron chi connectivity index (χ3n) is 2.86. The van der Waals surface area contributed by atoms with Gasteiger partial charge in [-0.2, -0.15) is 0 Å². The van der Waals surface area contributed by atoms with Crippen molar-refractivity contribution in [1.29, 1.82) is 0 Å². The number of benzene rings is 2. The van der Waals surface area contributed by atoms with E-state index in [1.807, 2.05) is 42.5 Å². The summed E-state index contributed by atoms with van der Waals surface area (Å²) in [6.45, 7) is 5.32. The molecular weight excluding hydrogens is 254 g/mol. The first-order valence-corrected chi connectivity index (χ1v) is 6.51. The highest BCUT2D eigenvalue weighted by Crippen LogP contribution is 2.23. The van der Waals surface area contributed by atoms with Crippen LogP contribution in [0.5, 0.6) is 5.75 Å². The molecule has 0 aliphatic heterocycles. The Kier molecular flexibility index (Phi) is 5.97. The Morgan fingerprint density at radius 2 is 1.74 bits per heavy atom. The third-order valence-corrected chi connectivity index (χ3v) is 3.16. The van der Waals surface area contributed by atoms with Gasteiger partial charge in [-0.15, -0.1) is 0 Å². The van der Waals surface area contributed by atoms with Crippen LogP contribution in [0.2, 0.25) is 18.7 Å². The van der Waals surface area contributed by atoms with E-state index < -0.39 is 0 Å². The molecule has 1 nitrogen and oxygen atoms in total. The molecule has 0 fully saturated rings. The minimum Gasteiger partial charge on any atom is -0.487 e. The number of rotatable bonds is 4. The maximum atomic E-state index is 6.21. The van der Waals surface area contributed by atoms with Crippen LogP contribution in [0.15, 0.2) is 48.5 Å². The van der Waals surface area contributed by atoms with Crippen LogP contribution in [-0.4, -0.2) is 6.71 Å². The Morgan fingerprint density at radius 3 is 2.32 bits per heavy atom. The lowest BCUT2D eigenvalue weighted by Gasteiger charge is -2.10. The van der Waals surface area contributed by atoms with Crippen molar-refractivity contribution in [1.82, 2.24) is 0 Å². The summed E-state index contributed by atoms with van der Waals surface area (Å²) in [5.74, 6) is 0.741. The standard InChI is InChI=1S/C15H16BClO.CH4/c1-16(2)13-8-9-15(14(17)10-13)18-11-12-6-4-3-5-7-12;/h3-10H,11H2,1-2H3;1H4. The zero-order valence-electron chi connectivity index (χ0n) is 10.7. The van der Waals surface area contributed by atoms with Crippen LogP contribution in [0, 0.1) is 0 Å². The van der Waals surface area contributed by atoms with Gasteiger partial charge in [-0.1, -0.05) is 74.5 Å². The molecule has 2 aromatic carbocycles. The maximum Gasteiger partial charge on any atom is 0.169 e.